The summed E-state index contributed by atoms with van der Waals surface area (Å²) in [4.78, 5) is 16.3. The first kappa shape index (κ1) is 38.0. The number of nitrogens with zero attached hydrogens (tertiary/aromatic N) is 4. The topological polar surface area (TPSA) is 43.6 Å². The highest BCUT2D eigenvalue weighted by atomic mass is 15.2. The predicted molar refractivity (Wildman–Crippen MR) is 274 cm³/mol. The molecule has 2 heterocycles. The minimum atomic E-state index is -0.154. The molecule has 0 saturated carbocycles. The Balaban J connectivity index is 1.11. The summed E-state index contributed by atoms with van der Waals surface area (Å²) in [5.74, 6) is 1.78. The van der Waals surface area contributed by atoms with Gasteiger partial charge < -0.3 is 0 Å². The Morgan fingerprint density at radius 3 is 1.41 bits per heavy atom. The quantitative estimate of drug-likeness (QED) is 0.157. The zero-order valence-electron chi connectivity index (χ0n) is 36.6. The van der Waals surface area contributed by atoms with Crippen LogP contribution in [-0.2, 0) is 5.41 Å². The van der Waals surface area contributed by atoms with Crippen molar-refractivity contribution >= 4 is 43.4 Å². The summed E-state index contributed by atoms with van der Waals surface area (Å²) in [6, 6.07) is 78.4. The molecule has 0 bridgehead atoms. The van der Waals surface area contributed by atoms with E-state index in [2.05, 4.69) is 225 Å². The summed E-state index contributed by atoms with van der Waals surface area (Å²) >= 11 is 0. The van der Waals surface area contributed by atoms with Crippen LogP contribution in [0.1, 0.15) is 25.0 Å². The Labute approximate surface area is 383 Å². The van der Waals surface area contributed by atoms with Gasteiger partial charge in [0.15, 0.2) is 11.6 Å². The van der Waals surface area contributed by atoms with E-state index in [1.54, 1.807) is 0 Å². The standard InChI is InChI=1S/C62H42N4/c1-62(2)54-27-14-13-22-49(54)50-37-36-45(38-55(50)62)46-25-15-26-53-56-51-23-11-9-20-47(51)48-21-10-12-24-52(48)58(56)66(57(46)53)61-64-59(43-32-28-41(29-33-43)39-16-5-3-6-17-39)63-60(65-61)44-34-30-42(31-35-44)40-18-7-4-8-19-40/h3-38H,1-2H3. The van der Waals surface area contributed by atoms with E-state index in [0.717, 1.165) is 66.3 Å². The van der Waals surface area contributed by atoms with E-state index in [1.165, 1.54) is 43.8 Å². The molecule has 4 nitrogen and oxygen atoms in total. The van der Waals surface area contributed by atoms with Gasteiger partial charge in [0.25, 0.3) is 0 Å². The molecule has 12 aromatic rings. The van der Waals surface area contributed by atoms with Crippen molar-refractivity contribution in [3.05, 3.63) is 230 Å². The van der Waals surface area contributed by atoms with E-state index in [-0.39, 0.29) is 5.41 Å². The van der Waals surface area contributed by atoms with Crippen molar-refractivity contribution in [1.29, 1.82) is 0 Å². The molecule has 4 heteroatoms. The number of benzene rings is 10. The van der Waals surface area contributed by atoms with Crippen LogP contribution in [0.2, 0.25) is 0 Å². The average molecular weight is 843 g/mol. The first-order valence-corrected chi connectivity index (χ1v) is 22.7. The lowest BCUT2D eigenvalue weighted by Crippen LogP contribution is -2.14. The van der Waals surface area contributed by atoms with Gasteiger partial charge in [-0.25, -0.2) is 4.98 Å². The minimum Gasteiger partial charge on any atom is -0.277 e. The van der Waals surface area contributed by atoms with Gasteiger partial charge in [-0.15, -0.1) is 0 Å². The van der Waals surface area contributed by atoms with Crippen LogP contribution in [0.3, 0.4) is 0 Å². The van der Waals surface area contributed by atoms with Crippen molar-refractivity contribution in [2.75, 3.05) is 0 Å². The molecule has 66 heavy (non-hydrogen) atoms. The van der Waals surface area contributed by atoms with Crippen LogP contribution in [0.25, 0.3) is 117 Å². The molecule has 1 aliphatic carbocycles. The van der Waals surface area contributed by atoms with Gasteiger partial charge in [0.1, 0.15) is 0 Å². The third kappa shape index (κ3) is 5.88. The van der Waals surface area contributed by atoms with Crippen LogP contribution in [0, 0.1) is 0 Å². The monoisotopic (exact) mass is 842 g/mol. The molecule has 2 aromatic heterocycles. The molecule has 0 spiro atoms. The zero-order valence-corrected chi connectivity index (χ0v) is 36.6. The Bertz CT molecular complexity index is 3770. The first-order chi connectivity index (χ1) is 32.5. The van der Waals surface area contributed by atoms with Gasteiger partial charge in [0, 0.05) is 38.3 Å². The maximum absolute atomic E-state index is 5.51. The summed E-state index contributed by atoms with van der Waals surface area (Å²) in [5.41, 5.74) is 16.0. The molecule has 0 saturated heterocycles. The van der Waals surface area contributed by atoms with Crippen LogP contribution in [0.5, 0.6) is 0 Å². The van der Waals surface area contributed by atoms with Crippen molar-refractivity contribution in [2.45, 2.75) is 19.3 Å². The number of para-hydroxylation sites is 1. The third-order valence-electron chi connectivity index (χ3n) is 13.9. The van der Waals surface area contributed by atoms with Crippen molar-refractivity contribution in [2.24, 2.45) is 0 Å². The molecule has 0 unspecified atom stereocenters. The smallest absolute Gasteiger partial charge is 0.238 e. The van der Waals surface area contributed by atoms with Crippen LogP contribution in [-0.4, -0.2) is 19.5 Å². The number of fused-ring (bicyclic) bond motifs is 11. The van der Waals surface area contributed by atoms with Gasteiger partial charge in [-0.1, -0.05) is 226 Å². The zero-order chi connectivity index (χ0) is 43.9. The molecule has 0 radical (unpaired) electrons. The van der Waals surface area contributed by atoms with Crippen LogP contribution in [0.4, 0.5) is 0 Å². The molecular weight excluding hydrogens is 801 g/mol. The Hall–Kier alpha value is -8.47. The summed E-state index contributed by atoms with van der Waals surface area (Å²) < 4.78 is 2.34. The third-order valence-corrected chi connectivity index (χ3v) is 13.9. The summed E-state index contributed by atoms with van der Waals surface area (Å²) in [6.07, 6.45) is 0. The Morgan fingerprint density at radius 1 is 0.318 bits per heavy atom. The average Bonchev–Trinajstić information content (AvgIpc) is 3.86. The van der Waals surface area contributed by atoms with Crippen molar-refractivity contribution in [3.63, 3.8) is 0 Å². The molecule has 0 aliphatic heterocycles. The highest BCUT2D eigenvalue weighted by molar-refractivity contribution is 6.33. The van der Waals surface area contributed by atoms with Gasteiger partial charge >= 0.3 is 0 Å². The second-order valence-corrected chi connectivity index (χ2v) is 18.0. The molecule has 310 valence electrons. The van der Waals surface area contributed by atoms with Gasteiger partial charge in [0.2, 0.25) is 5.95 Å². The lowest BCUT2D eigenvalue weighted by Gasteiger charge is -2.22. The second kappa shape index (κ2) is 14.8. The highest BCUT2D eigenvalue weighted by Crippen LogP contribution is 2.51. The van der Waals surface area contributed by atoms with Gasteiger partial charge in [-0.3, -0.25) is 4.57 Å². The molecule has 1 aliphatic rings. The molecule has 0 atom stereocenters. The number of hydrogen-bond acceptors (Lipinski definition) is 3. The molecular formula is C62H42N4. The lowest BCUT2D eigenvalue weighted by molar-refractivity contribution is 0.660. The molecule has 10 aromatic carbocycles. The van der Waals surface area contributed by atoms with E-state index in [4.69, 9.17) is 15.0 Å². The van der Waals surface area contributed by atoms with Gasteiger partial charge in [-0.05, 0) is 72.3 Å². The second-order valence-electron chi connectivity index (χ2n) is 18.0. The van der Waals surface area contributed by atoms with Crippen molar-refractivity contribution in [1.82, 2.24) is 19.5 Å². The summed E-state index contributed by atoms with van der Waals surface area (Å²) in [7, 11) is 0. The van der Waals surface area contributed by atoms with Crippen molar-refractivity contribution < 1.29 is 0 Å². The maximum atomic E-state index is 5.51. The van der Waals surface area contributed by atoms with E-state index in [0.29, 0.717) is 17.6 Å². The number of aromatic nitrogens is 4. The molecule has 0 N–H and O–H groups in total. The lowest BCUT2D eigenvalue weighted by atomic mass is 9.81. The minimum absolute atomic E-state index is 0.154. The molecule has 0 amide bonds. The summed E-state index contributed by atoms with van der Waals surface area (Å²) in [6.45, 7) is 4.70. The fraction of sp³-hybridized carbons (Fsp3) is 0.0484. The fourth-order valence-corrected chi connectivity index (χ4v) is 10.6. The fourth-order valence-electron chi connectivity index (χ4n) is 10.6. The van der Waals surface area contributed by atoms with Crippen molar-refractivity contribution in [3.8, 4) is 73.2 Å². The van der Waals surface area contributed by atoms with E-state index < -0.39 is 0 Å². The molecule has 13 rings (SSSR count). The Morgan fingerprint density at radius 2 is 0.773 bits per heavy atom. The largest absolute Gasteiger partial charge is 0.277 e. The van der Waals surface area contributed by atoms with Gasteiger partial charge in [-0.2, -0.15) is 9.97 Å². The van der Waals surface area contributed by atoms with Crippen LogP contribution >= 0.6 is 0 Å². The van der Waals surface area contributed by atoms with E-state index in [9.17, 15) is 0 Å². The Kier molecular flexibility index (Phi) is 8.53. The number of rotatable bonds is 6. The SMILES string of the molecule is CC1(C)c2ccccc2-c2ccc(-c3cccc4c5c6ccccc6c6ccccc6c5n(-c5nc(-c6ccc(-c7ccccc7)cc6)nc(-c6ccc(-c7ccccc7)cc6)n5)c34)cc21. The van der Waals surface area contributed by atoms with Crippen LogP contribution in [0.15, 0.2) is 218 Å². The molecule has 0 fully saturated rings. The van der Waals surface area contributed by atoms with Gasteiger partial charge in [0.05, 0.1) is 11.0 Å². The number of hydrogen-bond donors (Lipinski definition) is 0. The summed E-state index contributed by atoms with van der Waals surface area (Å²) in [5, 5.41) is 7.07. The first-order valence-electron chi connectivity index (χ1n) is 22.7. The predicted octanol–water partition coefficient (Wildman–Crippen LogP) is 15.9. The van der Waals surface area contributed by atoms with E-state index in [1.807, 2.05) is 12.1 Å². The highest BCUT2D eigenvalue weighted by Gasteiger charge is 2.35. The van der Waals surface area contributed by atoms with E-state index >= 15 is 0 Å². The van der Waals surface area contributed by atoms with Crippen LogP contribution < -0.4 is 0 Å². The normalized spacial score (nSPS) is 12.8. The maximum Gasteiger partial charge on any atom is 0.238 e.